The number of carbonyl (C=O) groups is 1. The van der Waals surface area contributed by atoms with Crippen molar-refractivity contribution in [1.29, 1.82) is 0 Å². The van der Waals surface area contributed by atoms with Crippen molar-refractivity contribution < 1.29 is 18.7 Å². The van der Waals surface area contributed by atoms with E-state index in [9.17, 15) is 13.6 Å². The maximum atomic E-state index is 12.8. The van der Waals surface area contributed by atoms with Crippen LogP contribution in [-0.4, -0.2) is 17.6 Å². The molecule has 6 heteroatoms. The number of carboxylic acids is 1. The first-order valence-corrected chi connectivity index (χ1v) is 4.41. The average molecular weight is 252 g/mol. The van der Waals surface area contributed by atoms with Crippen molar-refractivity contribution in [2.75, 3.05) is 6.54 Å². The van der Waals surface area contributed by atoms with E-state index >= 15 is 0 Å². The van der Waals surface area contributed by atoms with E-state index in [-0.39, 0.29) is 25.4 Å². The molecule has 16 heavy (non-hydrogen) atoms. The van der Waals surface area contributed by atoms with Gasteiger partial charge in [0, 0.05) is 6.54 Å². The van der Waals surface area contributed by atoms with Gasteiger partial charge in [0.2, 0.25) is 0 Å². The SMILES string of the molecule is Cl.NC[C@H](Cc1ccc(F)c(F)c1)C(=O)O. The van der Waals surface area contributed by atoms with Crippen LogP contribution in [0.15, 0.2) is 18.2 Å². The van der Waals surface area contributed by atoms with Crippen molar-refractivity contribution in [2.45, 2.75) is 6.42 Å². The molecular formula is C10H12ClF2NO2. The van der Waals surface area contributed by atoms with Gasteiger partial charge in [-0.15, -0.1) is 12.4 Å². The van der Waals surface area contributed by atoms with Crippen molar-refractivity contribution in [1.82, 2.24) is 0 Å². The molecule has 3 nitrogen and oxygen atoms in total. The van der Waals surface area contributed by atoms with Gasteiger partial charge in [0.15, 0.2) is 11.6 Å². The fraction of sp³-hybridized carbons (Fsp3) is 0.300. The first-order chi connectivity index (χ1) is 7.04. The summed E-state index contributed by atoms with van der Waals surface area (Å²) >= 11 is 0. The molecule has 0 aliphatic rings. The molecule has 0 spiro atoms. The number of nitrogens with two attached hydrogens (primary N) is 1. The third-order valence-electron chi connectivity index (χ3n) is 2.10. The lowest BCUT2D eigenvalue weighted by Crippen LogP contribution is -2.25. The summed E-state index contributed by atoms with van der Waals surface area (Å²) in [5.41, 5.74) is 5.66. The minimum Gasteiger partial charge on any atom is -0.481 e. The van der Waals surface area contributed by atoms with E-state index < -0.39 is 23.5 Å². The summed E-state index contributed by atoms with van der Waals surface area (Å²) in [6.45, 7) is -0.0334. The highest BCUT2D eigenvalue weighted by molar-refractivity contribution is 5.85. The summed E-state index contributed by atoms with van der Waals surface area (Å²) < 4.78 is 25.3. The maximum absolute atomic E-state index is 12.8. The number of hydrogen-bond acceptors (Lipinski definition) is 2. The van der Waals surface area contributed by atoms with Gasteiger partial charge in [-0.05, 0) is 24.1 Å². The zero-order valence-electron chi connectivity index (χ0n) is 8.32. The van der Waals surface area contributed by atoms with Crippen LogP contribution < -0.4 is 5.73 Å². The molecular weight excluding hydrogens is 240 g/mol. The lowest BCUT2D eigenvalue weighted by Gasteiger charge is -2.09. The topological polar surface area (TPSA) is 63.3 Å². The Kier molecular flexibility index (Phi) is 5.92. The van der Waals surface area contributed by atoms with E-state index in [4.69, 9.17) is 10.8 Å². The highest BCUT2D eigenvalue weighted by atomic mass is 35.5. The largest absolute Gasteiger partial charge is 0.481 e. The predicted octanol–water partition coefficient (Wildman–Crippen LogP) is 1.59. The van der Waals surface area contributed by atoms with Gasteiger partial charge in [0.05, 0.1) is 5.92 Å². The molecule has 0 amide bonds. The number of hydrogen-bond donors (Lipinski definition) is 2. The fourth-order valence-corrected chi connectivity index (χ4v) is 1.22. The van der Waals surface area contributed by atoms with Gasteiger partial charge in [-0.25, -0.2) is 8.78 Å². The van der Waals surface area contributed by atoms with Crippen LogP contribution in [0.4, 0.5) is 8.78 Å². The van der Waals surface area contributed by atoms with Gasteiger partial charge in [-0.2, -0.15) is 0 Å². The van der Waals surface area contributed by atoms with Crippen LogP contribution in [0.25, 0.3) is 0 Å². The number of rotatable bonds is 4. The van der Waals surface area contributed by atoms with Crippen molar-refractivity contribution >= 4 is 18.4 Å². The second kappa shape index (κ2) is 6.40. The van der Waals surface area contributed by atoms with Crippen molar-refractivity contribution in [3.05, 3.63) is 35.4 Å². The monoisotopic (exact) mass is 251 g/mol. The van der Waals surface area contributed by atoms with Crippen molar-refractivity contribution in [3.63, 3.8) is 0 Å². The zero-order chi connectivity index (χ0) is 11.4. The molecule has 0 radical (unpaired) electrons. The Morgan fingerprint density at radius 2 is 2.00 bits per heavy atom. The van der Waals surface area contributed by atoms with Crippen LogP contribution >= 0.6 is 12.4 Å². The van der Waals surface area contributed by atoms with Crippen LogP contribution in [0, 0.1) is 17.6 Å². The molecule has 0 saturated carbocycles. The quantitative estimate of drug-likeness (QED) is 0.854. The number of halogens is 3. The van der Waals surface area contributed by atoms with Crippen LogP contribution in [0.2, 0.25) is 0 Å². The lowest BCUT2D eigenvalue weighted by atomic mass is 9.99. The van der Waals surface area contributed by atoms with Gasteiger partial charge in [-0.1, -0.05) is 6.07 Å². The Morgan fingerprint density at radius 1 is 1.38 bits per heavy atom. The lowest BCUT2D eigenvalue weighted by molar-refractivity contribution is -0.141. The molecule has 90 valence electrons. The molecule has 1 atom stereocenters. The van der Waals surface area contributed by atoms with Crippen molar-refractivity contribution in [2.24, 2.45) is 11.7 Å². The third kappa shape index (κ3) is 3.75. The van der Waals surface area contributed by atoms with E-state index in [2.05, 4.69) is 0 Å². The van der Waals surface area contributed by atoms with Crippen LogP contribution in [0.5, 0.6) is 0 Å². The molecule has 0 heterocycles. The molecule has 0 aromatic heterocycles. The number of aliphatic carboxylic acids is 1. The molecule has 0 aliphatic heterocycles. The highest BCUT2D eigenvalue weighted by Crippen LogP contribution is 2.12. The summed E-state index contributed by atoms with van der Waals surface area (Å²) in [4.78, 5) is 10.6. The van der Waals surface area contributed by atoms with E-state index in [1.165, 1.54) is 6.07 Å². The van der Waals surface area contributed by atoms with E-state index in [1.54, 1.807) is 0 Å². The van der Waals surface area contributed by atoms with Crippen LogP contribution in [-0.2, 0) is 11.2 Å². The van der Waals surface area contributed by atoms with E-state index in [0.717, 1.165) is 12.1 Å². The van der Waals surface area contributed by atoms with Gasteiger partial charge in [0.1, 0.15) is 0 Å². The summed E-state index contributed by atoms with van der Waals surface area (Å²) in [6, 6.07) is 3.31. The first kappa shape index (κ1) is 14.8. The minimum absolute atomic E-state index is 0. The molecule has 1 rings (SSSR count). The summed E-state index contributed by atoms with van der Waals surface area (Å²) in [6.07, 6.45) is 0.100. The average Bonchev–Trinajstić information content (AvgIpc) is 2.19. The van der Waals surface area contributed by atoms with Crippen molar-refractivity contribution in [3.8, 4) is 0 Å². The van der Waals surface area contributed by atoms with Gasteiger partial charge in [0.25, 0.3) is 0 Å². The predicted molar refractivity (Wildman–Crippen MR) is 57.5 cm³/mol. The Bertz CT molecular complexity index is 374. The van der Waals surface area contributed by atoms with E-state index in [1.807, 2.05) is 0 Å². The first-order valence-electron chi connectivity index (χ1n) is 4.41. The number of benzene rings is 1. The highest BCUT2D eigenvalue weighted by Gasteiger charge is 2.16. The summed E-state index contributed by atoms with van der Waals surface area (Å²) in [5, 5.41) is 8.71. The maximum Gasteiger partial charge on any atom is 0.308 e. The van der Waals surface area contributed by atoms with E-state index in [0.29, 0.717) is 5.56 Å². The summed E-state index contributed by atoms with van der Waals surface area (Å²) in [7, 11) is 0. The second-order valence-corrected chi connectivity index (χ2v) is 3.22. The second-order valence-electron chi connectivity index (χ2n) is 3.22. The Morgan fingerprint density at radius 3 is 2.44 bits per heavy atom. The number of carboxylic acid groups (broad SMARTS) is 1. The van der Waals surface area contributed by atoms with Crippen LogP contribution in [0.1, 0.15) is 5.56 Å². The fourth-order valence-electron chi connectivity index (χ4n) is 1.22. The molecule has 0 aliphatic carbocycles. The molecule has 0 fully saturated rings. The van der Waals surface area contributed by atoms with Gasteiger partial charge in [-0.3, -0.25) is 4.79 Å². The van der Waals surface area contributed by atoms with Gasteiger partial charge < -0.3 is 10.8 Å². The molecule has 3 N–H and O–H groups in total. The van der Waals surface area contributed by atoms with Crippen LogP contribution in [0.3, 0.4) is 0 Å². The smallest absolute Gasteiger partial charge is 0.308 e. The Hall–Kier alpha value is -1.20. The Labute approximate surface area is 97.7 Å². The zero-order valence-corrected chi connectivity index (χ0v) is 9.14. The molecule has 1 aromatic rings. The minimum atomic E-state index is -1.04. The third-order valence-corrected chi connectivity index (χ3v) is 2.10. The summed E-state index contributed by atoms with van der Waals surface area (Å²) in [5.74, 6) is -3.73. The molecule has 0 bridgehead atoms. The normalized spacial score (nSPS) is 11.7. The van der Waals surface area contributed by atoms with Gasteiger partial charge >= 0.3 is 5.97 Å². The molecule has 0 saturated heterocycles. The molecule has 0 unspecified atom stereocenters. The standard InChI is InChI=1S/C10H11F2NO2.ClH/c11-8-2-1-6(4-9(8)12)3-7(5-13)10(14)15;/h1-2,4,7H,3,5,13H2,(H,14,15);1H/t7-;/m0./s1. The Balaban J connectivity index is 0.00000225. The molecule has 1 aromatic carbocycles.